The Hall–Kier alpha value is -2.38. The minimum Gasteiger partial charge on any atom is -0.463 e. The average Bonchev–Trinajstić information content (AvgIpc) is 2.48. The van der Waals surface area contributed by atoms with Gasteiger partial charge in [0.25, 0.3) is 0 Å². The Morgan fingerprint density at radius 3 is 2.43 bits per heavy atom. The molecule has 1 N–H and O–H groups in total. The molecule has 0 fully saturated rings. The van der Waals surface area contributed by atoms with Crippen molar-refractivity contribution in [2.75, 3.05) is 19.0 Å². The fraction of sp³-hybridized carbons (Fsp3) is 0.308. The van der Waals surface area contributed by atoms with Crippen LogP contribution in [0.3, 0.4) is 0 Å². The summed E-state index contributed by atoms with van der Waals surface area (Å²) < 4.78 is 45.3. The average molecular weight is 298 g/mol. The molecule has 1 heterocycles. The maximum atomic E-state index is 13.8. The van der Waals surface area contributed by atoms with Gasteiger partial charge >= 0.3 is 6.01 Å². The molecule has 0 aliphatic heterocycles. The van der Waals surface area contributed by atoms with Gasteiger partial charge in [-0.25, -0.2) is 13.2 Å². The second-order valence-corrected chi connectivity index (χ2v) is 4.11. The Morgan fingerprint density at radius 2 is 1.76 bits per heavy atom. The van der Waals surface area contributed by atoms with Gasteiger partial charge in [0.2, 0.25) is 5.95 Å². The first-order valence-corrected chi connectivity index (χ1v) is 6.26. The van der Waals surface area contributed by atoms with Gasteiger partial charge in [0.1, 0.15) is 5.82 Å². The number of aromatic nitrogens is 3. The van der Waals surface area contributed by atoms with E-state index in [4.69, 9.17) is 4.74 Å². The number of rotatable bonds is 5. The molecule has 5 nitrogen and oxygen atoms in total. The Kier molecular flexibility index (Phi) is 4.56. The van der Waals surface area contributed by atoms with Gasteiger partial charge in [-0.05, 0) is 12.5 Å². The minimum atomic E-state index is -1.28. The molecular formula is C13H13F3N4O. The highest BCUT2D eigenvalue weighted by atomic mass is 19.2. The lowest BCUT2D eigenvalue weighted by Crippen LogP contribution is -2.07. The van der Waals surface area contributed by atoms with Gasteiger partial charge in [-0.1, -0.05) is 6.92 Å². The summed E-state index contributed by atoms with van der Waals surface area (Å²) in [5, 5.41) is 2.67. The van der Waals surface area contributed by atoms with Crippen LogP contribution in [0.15, 0.2) is 12.1 Å². The fourth-order valence-electron chi connectivity index (χ4n) is 1.54. The summed E-state index contributed by atoms with van der Waals surface area (Å²) in [7, 11) is 1.56. The molecule has 0 bridgehead atoms. The molecular weight excluding hydrogens is 285 g/mol. The van der Waals surface area contributed by atoms with Crippen molar-refractivity contribution in [3.05, 3.63) is 29.6 Å². The van der Waals surface area contributed by atoms with E-state index in [0.29, 0.717) is 18.7 Å². The van der Waals surface area contributed by atoms with Crippen molar-refractivity contribution in [3.8, 4) is 17.4 Å². The van der Waals surface area contributed by atoms with Crippen LogP contribution < -0.4 is 10.1 Å². The molecule has 0 aliphatic carbocycles. The highest BCUT2D eigenvalue weighted by molar-refractivity contribution is 5.57. The quantitative estimate of drug-likeness (QED) is 0.860. The molecule has 0 atom stereocenters. The molecule has 1 aromatic carbocycles. The second kappa shape index (κ2) is 6.38. The minimum absolute atomic E-state index is 0.0182. The summed E-state index contributed by atoms with van der Waals surface area (Å²) in [6, 6.07) is 1.12. The van der Waals surface area contributed by atoms with Crippen molar-refractivity contribution in [1.82, 2.24) is 15.0 Å². The number of anilines is 1. The van der Waals surface area contributed by atoms with E-state index in [-0.39, 0.29) is 23.3 Å². The zero-order chi connectivity index (χ0) is 15.4. The molecule has 0 saturated heterocycles. The number of ether oxygens (including phenoxy) is 1. The normalized spacial score (nSPS) is 10.5. The van der Waals surface area contributed by atoms with E-state index in [1.165, 1.54) is 0 Å². The van der Waals surface area contributed by atoms with Crippen molar-refractivity contribution in [3.63, 3.8) is 0 Å². The Labute approximate surface area is 119 Å². The molecule has 0 amide bonds. The number of halogens is 3. The molecule has 8 heteroatoms. The highest BCUT2D eigenvalue weighted by Gasteiger charge is 2.16. The molecule has 2 rings (SSSR count). The van der Waals surface area contributed by atoms with Crippen LogP contribution >= 0.6 is 0 Å². The number of nitrogens with one attached hydrogen (secondary N) is 1. The van der Waals surface area contributed by atoms with Gasteiger partial charge in [0.15, 0.2) is 17.5 Å². The summed E-state index contributed by atoms with van der Waals surface area (Å²) in [5.74, 6) is -3.44. The van der Waals surface area contributed by atoms with Crippen LogP contribution in [0.25, 0.3) is 11.4 Å². The largest absolute Gasteiger partial charge is 0.463 e. The first kappa shape index (κ1) is 15.0. The SMILES string of the molecule is CCCOc1nc(NC)nc(-c2cc(F)c(F)cc2F)n1. The third kappa shape index (κ3) is 3.39. The summed E-state index contributed by atoms with van der Waals surface area (Å²) in [6.45, 7) is 2.27. The molecule has 0 radical (unpaired) electrons. The predicted octanol–water partition coefficient (Wildman–Crippen LogP) is 2.79. The third-order valence-electron chi connectivity index (χ3n) is 2.52. The number of nitrogens with zero attached hydrogens (tertiary/aromatic N) is 3. The van der Waals surface area contributed by atoms with E-state index in [0.717, 1.165) is 6.42 Å². The Balaban J connectivity index is 2.49. The van der Waals surface area contributed by atoms with Gasteiger partial charge < -0.3 is 10.1 Å². The summed E-state index contributed by atoms with van der Waals surface area (Å²) in [5.41, 5.74) is -0.269. The van der Waals surface area contributed by atoms with E-state index in [2.05, 4.69) is 20.3 Å². The number of hydrogen-bond acceptors (Lipinski definition) is 5. The van der Waals surface area contributed by atoms with E-state index < -0.39 is 17.5 Å². The topological polar surface area (TPSA) is 59.9 Å². The molecule has 1 aromatic heterocycles. The standard InChI is InChI=1S/C13H13F3N4O/c1-3-4-21-13-19-11(18-12(17-2)20-13)7-5-9(15)10(16)6-8(7)14/h5-6H,3-4H2,1-2H3,(H,17,18,19,20). The van der Waals surface area contributed by atoms with Gasteiger partial charge in [-0.2, -0.15) is 15.0 Å². The van der Waals surface area contributed by atoms with Crippen LogP contribution in [0.4, 0.5) is 19.1 Å². The third-order valence-corrected chi connectivity index (χ3v) is 2.52. The lowest BCUT2D eigenvalue weighted by atomic mass is 10.2. The molecule has 0 unspecified atom stereocenters. The predicted molar refractivity (Wildman–Crippen MR) is 70.5 cm³/mol. The van der Waals surface area contributed by atoms with Gasteiger partial charge in [0, 0.05) is 13.1 Å². The Bertz CT molecular complexity index is 652. The summed E-state index contributed by atoms with van der Waals surface area (Å²) in [4.78, 5) is 11.8. The Morgan fingerprint density at radius 1 is 1.05 bits per heavy atom. The smallest absolute Gasteiger partial charge is 0.321 e. The van der Waals surface area contributed by atoms with E-state index in [1.807, 2.05) is 6.92 Å². The molecule has 0 spiro atoms. The van der Waals surface area contributed by atoms with Gasteiger partial charge in [-0.3, -0.25) is 0 Å². The first-order valence-electron chi connectivity index (χ1n) is 6.26. The second-order valence-electron chi connectivity index (χ2n) is 4.11. The number of benzene rings is 1. The van der Waals surface area contributed by atoms with Crippen molar-refractivity contribution < 1.29 is 17.9 Å². The number of hydrogen-bond donors (Lipinski definition) is 1. The summed E-state index contributed by atoms with van der Waals surface area (Å²) in [6.07, 6.45) is 0.732. The zero-order valence-corrected chi connectivity index (χ0v) is 11.5. The van der Waals surface area contributed by atoms with Crippen LogP contribution in [0.2, 0.25) is 0 Å². The first-order chi connectivity index (χ1) is 10.0. The van der Waals surface area contributed by atoms with Crippen LogP contribution in [-0.2, 0) is 0 Å². The van der Waals surface area contributed by atoms with E-state index in [1.54, 1.807) is 7.05 Å². The highest BCUT2D eigenvalue weighted by Crippen LogP contribution is 2.24. The van der Waals surface area contributed by atoms with Crippen LogP contribution in [0, 0.1) is 17.5 Å². The lowest BCUT2D eigenvalue weighted by Gasteiger charge is -2.08. The van der Waals surface area contributed by atoms with Crippen LogP contribution in [0.1, 0.15) is 13.3 Å². The van der Waals surface area contributed by atoms with Gasteiger partial charge in [-0.15, -0.1) is 0 Å². The molecule has 0 saturated carbocycles. The van der Waals surface area contributed by atoms with Gasteiger partial charge in [0.05, 0.1) is 12.2 Å². The van der Waals surface area contributed by atoms with Crippen LogP contribution in [-0.4, -0.2) is 28.6 Å². The zero-order valence-electron chi connectivity index (χ0n) is 11.5. The maximum absolute atomic E-state index is 13.8. The lowest BCUT2D eigenvalue weighted by molar-refractivity contribution is 0.292. The molecule has 21 heavy (non-hydrogen) atoms. The molecule has 2 aromatic rings. The van der Waals surface area contributed by atoms with Crippen molar-refractivity contribution in [2.24, 2.45) is 0 Å². The molecule has 112 valence electrons. The van der Waals surface area contributed by atoms with Crippen molar-refractivity contribution >= 4 is 5.95 Å². The van der Waals surface area contributed by atoms with E-state index in [9.17, 15) is 13.2 Å². The van der Waals surface area contributed by atoms with E-state index >= 15 is 0 Å². The monoisotopic (exact) mass is 298 g/mol. The maximum Gasteiger partial charge on any atom is 0.321 e. The molecule has 0 aliphatic rings. The van der Waals surface area contributed by atoms with Crippen molar-refractivity contribution in [2.45, 2.75) is 13.3 Å². The van der Waals surface area contributed by atoms with Crippen LogP contribution in [0.5, 0.6) is 6.01 Å². The fourth-order valence-corrected chi connectivity index (χ4v) is 1.54. The summed E-state index contributed by atoms with van der Waals surface area (Å²) >= 11 is 0. The van der Waals surface area contributed by atoms with Crippen molar-refractivity contribution in [1.29, 1.82) is 0 Å².